The zero-order valence-corrected chi connectivity index (χ0v) is 10.7. The second-order valence-corrected chi connectivity index (χ2v) is 5.32. The third-order valence-corrected chi connectivity index (χ3v) is 3.93. The number of aryl methyl sites for hydroxylation is 1. The fourth-order valence-electron chi connectivity index (χ4n) is 1.73. The van der Waals surface area contributed by atoms with Crippen LogP contribution in [0, 0.1) is 6.92 Å². The molecule has 0 aromatic carbocycles. The van der Waals surface area contributed by atoms with E-state index in [2.05, 4.69) is 15.2 Å². The van der Waals surface area contributed by atoms with Gasteiger partial charge in [-0.1, -0.05) is 0 Å². The summed E-state index contributed by atoms with van der Waals surface area (Å²) < 4.78 is 1.69. The quantitative estimate of drug-likeness (QED) is 0.872. The maximum absolute atomic E-state index is 11.6. The zero-order chi connectivity index (χ0) is 12.7. The molecule has 0 aliphatic heterocycles. The molecule has 7 heteroatoms. The lowest BCUT2D eigenvalue weighted by Gasteiger charge is -2.06. The topological polar surface area (TPSA) is 89.6 Å². The molecule has 3 N–H and O–H groups in total. The summed E-state index contributed by atoms with van der Waals surface area (Å²) in [4.78, 5) is 15.9. The van der Waals surface area contributed by atoms with Gasteiger partial charge in [0.05, 0.1) is 5.69 Å². The first-order valence-electron chi connectivity index (χ1n) is 5.72. The minimum atomic E-state index is -0.161. The first-order valence-corrected chi connectivity index (χ1v) is 6.54. The first kappa shape index (κ1) is 11.3. The van der Waals surface area contributed by atoms with Crippen LogP contribution in [0.25, 0.3) is 0 Å². The highest BCUT2D eigenvalue weighted by Gasteiger charge is 2.29. The van der Waals surface area contributed by atoms with Crippen LogP contribution in [0.4, 0.5) is 5.69 Å². The largest absolute Gasteiger partial charge is 0.396 e. The van der Waals surface area contributed by atoms with Gasteiger partial charge < -0.3 is 5.73 Å². The van der Waals surface area contributed by atoms with Gasteiger partial charge in [0.1, 0.15) is 5.03 Å². The lowest BCUT2D eigenvalue weighted by molar-refractivity contribution is 0.642. The molecule has 6 nitrogen and oxygen atoms in total. The number of hydrogen-bond donors (Lipinski definition) is 2. The Hall–Kier alpha value is -1.76. The molecule has 0 amide bonds. The number of anilines is 1. The number of nitrogens with two attached hydrogens (primary N) is 1. The second-order valence-electron chi connectivity index (χ2n) is 4.36. The number of hydrogen-bond acceptors (Lipinski definition) is 5. The molecule has 0 bridgehead atoms. The molecule has 1 aliphatic carbocycles. The molecule has 2 heterocycles. The van der Waals surface area contributed by atoms with Gasteiger partial charge in [0.2, 0.25) is 0 Å². The smallest absolute Gasteiger partial charge is 0.344 e. The number of nitrogens with zero attached hydrogens (tertiary/aromatic N) is 3. The van der Waals surface area contributed by atoms with Crippen LogP contribution in [0.1, 0.15) is 24.4 Å². The molecule has 0 atom stereocenters. The van der Waals surface area contributed by atoms with Crippen molar-refractivity contribution in [3.8, 4) is 0 Å². The van der Waals surface area contributed by atoms with E-state index in [-0.39, 0.29) is 11.7 Å². The van der Waals surface area contributed by atoms with Crippen LogP contribution in [-0.4, -0.2) is 19.7 Å². The summed E-state index contributed by atoms with van der Waals surface area (Å²) in [5.41, 5.74) is 7.42. The number of nitrogen functional groups attached to an aromatic ring is 1. The van der Waals surface area contributed by atoms with Gasteiger partial charge in [-0.2, -0.15) is 0 Å². The molecule has 3 rings (SSSR count). The van der Waals surface area contributed by atoms with Crippen LogP contribution in [0.15, 0.2) is 27.2 Å². The van der Waals surface area contributed by atoms with E-state index in [0.717, 1.165) is 18.4 Å². The summed E-state index contributed by atoms with van der Waals surface area (Å²) in [5, 5.41) is 7.84. The molecule has 0 unspecified atom stereocenters. The molecular formula is C11H13N5OS. The highest BCUT2D eigenvalue weighted by atomic mass is 32.2. The number of aromatic amines is 1. The van der Waals surface area contributed by atoms with Crippen molar-refractivity contribution in [2.75, 3.05) is 5.73 Å². The van der Waals surface area contributed by atoms with Gasteiger partial charge in [-0.15, -0.1) is 5.10 Å². The number of H-pyrrole nitrogens is 1. The highest BCUT2D eigenvalue weighted by Crippen LogP contribution is 2.38. The van der Waals surface area contributed by atoms with Gasteiger partial charge in [-0.25, -0.2) is 14.9 Å². The van der Waals surface area contributed by atoms with Crippen molar-refractivity contribution in [2.45, 2.75) is 36.0 Å². The lowest BCUT2D eigenvalue weighted by Crippen LogP contribution is -2.16. The monoisotopic (exact) mass is 263 g/mol. The molecule has 1 saturated carbocycles. The Labute approximate surface area is 108 Å². The molecule has 18 heavy (non-hydrogen) atoms. The Morgan fingerprint density at radius 2 is 2.33 bits per heavy atom. The average molecular weight is 263 g/mol. The minimum absolute atomic E-state index is 0.161. The third kappa shape index (κ3) is 1.90. The fraction of sp³-hybridized carbons (Fsp3) is 0.364. The van der Waals surface area contributed by atoms with E-state index >= 15 is 0 Å². The highest BCUT2D eigenvalue weighted by molar-refractivity contribution is 7.99. The Balaban J connectivity index is 1.97. The van der Waals surface area contributed by atoms with E-state index in [4.69, 9.17) is 5.73 Å². The summed E-state index contributed by atoms with van der Waals surface area (Å²) in [6.45, 7) is 1.93. The van der Waals surface area contributed by atoms with E-state index in [9.17, 15) is 4.79 Å². The van der Waals surface area contributed by atoms with Gasteiger partial charge in [0, 0.05) is 12.2 Å². The molecule has 1 aliphatic rings. The van der Waals surface area contributed by atoms with E-state index in [1.807, 2.05) is 13.0 Å². The van der Waals surface area contributed by atoms with Crippen LogP contribution in [-0.2, 0) is 0 Å². The minimum Gasteiger partial charge on any atom is -0.396 e. The van der Waals surface area contributed by atoms with Crippen LogP contribution in [0.2, 0.25) is 0 Å². The summed E-state index contributed by atoms with van der Waals surface area (Å²) in [5.74, 6) is 0. The van der Waals surface area contributed by atoms with E-state index in [1.54, 1.807) is 10.8 Å². The average Bonchev–Trinajstić information content (AvgIpc) is 3.11. The van der Waals surface area contributed by atoms with Crippen molar-refractivity contribution in [1.82, 2.24) is 19.7 Å². The van der Waals surface area contributed by atoms with Crippen LogP contribution in [0.5, 0.6) is 0 Å². The second kappa shape index (κ2) is 4.16. The van der Waals surface area contributed by atoms with Gasteiger partial charge in [0.25, 0.3) is 0 Å². The normalized spacial score (nSPS) is 14.9. The van der Waals surface area contributed by atoms with Crippen molar-refractivity contribution in [3.63, 3.8) is 0 Å². The summed E-state index contributed by atoms with van der Waals surface area (Å²) in [6, 6.07) is 2.14. The number of nitrogens with one attached hydrogen (secondary N) is 1. The maximum atomic E-state index is 11.6. The zero-order valence-electron chi connectivity index (χ0n) is 9.88. The van der Waals surface area contributed by atoms with Crippen molar-refractivity contribution >= 4 is 17.4 Å². The SMILES string of the molecule is Cc1ccnc(Sc2n[nH]c(=O)n2C2CC2)c1N. The summed E-state index contributed by atoms with van der Waals surface area (Å²) in [6.07, 6.45) is 3.77. The molecule has 1 fully saturated rings. The van der Waals surface area contributed by atoms with E-state index in [0.29, 0.717) is 15.9 Å². The molecule has 0 radical (unpaired) electrons. The number of rotatable bonds is 3. The molecule has 2 aromatic rings. The van der Waals surface area contributed by atoms with Gasteiger partial charge >= 0.3 is 5.69 Å². The summed E-state index contributed by atoms with van der Waals surface area (Å²) in [7, 11) is 0. The van der Waals surface area contributed by atoms with Gasteiger partial charge in [0.15, 0.2) is 5.16 Å². The predicted octanol–water partition coefficient (Wildman–Crippen LogP) is 1.34. The lowest BCUT2D eigenvalue weighted by atomic mass is 10.3. The van der Waals surface area contributed by atoms with Crippen LogP contribution < -0.4 is 11.4 Å². The van der Waals surface area contributed by atoms with Gasteiger partial charge in [-0.3, -0.25) is 4.57 Å². The van der Waals surface area contributed by atoms with Crippen molar-refractivity contribution in [3.05, 3.63) is 28.3 Å². The standard InChI is InChI=1S/C11H13N5OS/c1-6-4-5-13-9(8(6)12)18-11-15-14-10(17)16(11)7-2-3-7/h4-5,7H,2-3,12H2,1H3,(H,14,17). The number of pyridine rings is 1. The van der Waals surface area contributed by atoms with Gasteiger partial charge in [-0.05, 0) is 43.2 Å². The van der Waals surface area contributed by atoms with Crippen molar-refractivity contribution < 1.29 is 0 Å². The Morgan fingerprint density at radius 3 is 3.06 bits per heavy atom. The first-order chi connectivity index (χ1) is 8.66. The van der Waals surface area contributed by atoms with Crippen molar-refractivity contribution in [1.29, 1.82) is 0 Å². The Morgan fingerprint density at radius 1 is 1.56 bits per heavy atom. The maximum Gasteiger partial charge on any atom is 0.344 e. The Kier molecular flexibility index (Phi) is 2.62. The van der Waals surface area contributed by atoms with E-state index in [1.165, 1.54) is 11.8 Å². The molecule has 0 spiro atoms. The molecule has 0 saturated heterocycles. The number of aromatic nitrogens is 4. The fourth-order valence-corrected chi connectivity index (χ4v) is 2.71. The van der Waals surface area contributed by atoms with E-state index < -0.39 is 0 Å². The molecule has 2 aromatic heterocycles. The predicted molar refractivity (Wildman–Crippen MR) is 68.6 cm³/mol. The van der Waals surface area contributed by atoms with Crippen LogP contribution >= 0.6 is 11.8 Å². The molecule has 94 valence electrons. The Bertz CT molecular complexity index is 643. The molecular weight excluding hydrogens is 250 g/mol. The van der Waals surface area contributed by atoms with Crippen LogP contribution in [0.3, 0.4) is 0 Å². The van der Waals surface area contributed by atoms with Crippen molar-refractivity contribution in [2.24, 2.45) is 0 Å². The summed E-state index contributed by atoms with van der Waals surface area (Å²) >= 11 is 1.33. The third-order valence-electron chi connectivity index (χ3n) is 2.94.